The largest absolute Gasteiger partial charge is 0.492 e. The third-order valence-corrected chi connectivity index (χ3v) is 3.70. The van der Waals surface area contributed by atoms with Gasteiger partial charge in [-0.2, -0.15) is 0 Å². The van der Waals surface area contributed by atoms with Crippen molar-refractivity contribution in [3.63, 3.8) is 0 Å². The van der Waals surface area contributed by atoms with E-state index in [4.69, 9.17) is 15.0 Å². The summed E-state index contributed by atoms with van der Waals surface area (Å²) in [6.07, 6.45) is -0.209. The standard InChI is InChI=1S/C11H16N2O4S/c12-18(15,16)11-3-1-10(2-4-11)17-6-5-13-7-9(14)8-13/h1-4,9,14H,5-8H2,(H2,12,15,16). The van der Waals surface area contributed by atoms with Crippen molar-refractivity contribution in [2.45, 2.75) is 11.0 Å². The Labute approximate surface area is 106 Å². The topological polar surface area (TPSA) is 92.9 Å². The van der Waals surface area contributed by atoms with Crippen LogP contribution in [-0.4, -0.2) is 50.8 Å². The van der Waals surface area contributed by atoms with Gasteiger partial charge in [0.25, 0.3) is 0 Å². The smallest absolute Gasteiger partial charge is 0.238 e. The van der Waals surface area contributed by atoms with E-state index in [9.17, 15) is 8.42 Å². The van der Waals surface area contributed by atoms with E-state index in [0.29, 0.717) is 25.4 Å². The quantitative estimate of drug-likeness (QED) is 0.746. The molecule has 100 valence electrons. The molecule has 1 heterocycles. The summed E-state index contributed by atoms with van der Waals surface area (Å²) in [6.45, 7) is 2.62. The molecule has 1 fully saturated rings. The highest BCUT2D eigenvalue weighted by Crippen LogP contribution is 2.15. The third-order valence-electron chi connectivity index (χ3n) is 2.77. The molecule has 0 atom stereocenters. The minimum atomic E-state index is -3.65. The van der Waals surface area contributed by atoms with Crippen molar-refractivity contribution in [3.8, 4) is 5.75 Å². The SMILES string of the molecule is NS(=O)(=O)c1ccc(OCCN2CC(O)C2)cc1. The van der Waals surface area contributed by atoms with Gasteiger partial charge in [0.2, 0.25) is 10.0 Å². The number of ether oxygens (including phenoxy) is 1. The molecule has 0 amide bonds. The summed E-state index contributed by atoms with van der Waals surface area (Å²) in [5.74, 6) is 0.600. The first-order valence-corrected chi connectivity index (χ1v) is 7.16. The number of nitrogens with two attached hydrogens (primary N) is 1. The van der Waals surface area contributed by atoms with Gasteiger partial charge in [-0.15, -0.1) is 0 Å². The van der Waals surface area contributed by atoms with Crippen LogP contribution in [0.5, 0.6) is 5.75 Å². The molecular weight excluding hydrogens is 256 g/mol. The maximum atomic E-state index is 11.0. The Balaban J connectivity index is 1.80. The van der Waals surface area contributed by atoms with Gasteiger partial charge in [0.1, 0.15) is 12.4 Å². The monoisotopic (exact) mass is 272 g/mol. The van der Waals surface area contributed by atoms with Crippen LogP contribution in [0.4, 0.5) is 0 Å². The fourth-order valence-corrected chi connectivity index (χ4v) is 2.26. The predicted molar refractivity (Wildman–Crippen MR) is 65.8 cm³/mol. The van der Waals surface area contributed by atoms with Crippen molar-refractivity contribution in [1.82, 2.24) is 4.90 Å². The van der Waals surface area contributed by atoms with E-state index in [-0.39, 0.29) is 11.0 Å². The average Bonchev–Trinajstić information content (AvgIpc) is 2.26. The van der Waals surface area contributed by atoms with Crippen LogP contribution in [0.25, 0.3) is 0 Å². The van der Waals surface area contributed by atoms with Gasteiger partial charge in [0.05, 0.1) is 11.0 Å². The first-order valence-electron chi connectivity index (χ1n) is 5.61. The van der Waals surface area contributed by atoms with Gasteiger partial charge in [0, 0.05) is 19.6 Å². The number of aliphatic hydroxyl groups excluding tert-OH is 1. The number of primary sulfonamides is 1. The second-order valence-electron chi connectivity index (χ2n) is 4.28. The molecule has 1 saturated heterocycles. The number of hydrogen-bond acceptors (Lipinski definition) is 5. The summed E-state index contributed by atoms with van der Waals surface area (Å²) >= 11 is 0. The Morgan fingerprint density at radius 2 is 1.94 bits per heavy atom. The van der Waals surface area contributed by atoms with Gasteiger partial charge in [-0.1, -0.05) is 0 Å². The van der Waals surface area contributed by atoms with E-state index >= 15 is 0 Å². The van der Waals surface area contributed by atoms with E-state index in [0.717, 1.165) is 6.54 Å². The van der Waals surface area contributed by atoms with Crippen LogP contribution >= 0.6 is 0 Å². The number of β-amino-alcohol motifs (C(OH)–C–C–N with tert-alkyl or cyclic N) is 1. The Hall–Kier alpha value is -1.15. The van der Waals surface area contributed by atoms with Crippen LogP contribution in [0.15, 0.2) is 29.2 Å². The molecule has 1 aliphatic heterocycles. The summed E-state index contributed by atoms with van der Waals surface area (Å²) in [4.78, 5) is 2.14. The van der Waals surface area contributed by atoms with Gasteiger partial charge >= 0.3 is 0 Å². The summed E-state index contributed by atoms with van der Waals surface area (Å²) in [5.41, 5.74) is 0. The molecule has 7 heteroatoms. The molecule has 3 N–H and O–H groups in total. The van der Waals surface area contributed by atoms with Gasteiger partial charge < -0.3 is 9.84 Å². The number of benzene rings is 1. The molecular formula is C11H16N2O4S. The summed E-state index contributed by atoms with van der Waals surface area (Å²) in [5, 5.41) is 14.1. The first-order chi connectivity index (χ1) is 8.45. The number of rotatable bonds is 5. The average molecular weight is 272 g/mol. The number of likely N-dealkylation sites (tertiary alicyclic amines) is 1. The fourth-order valence-electron chi connectivity index (χ4n) is 1.74. The zero-order valence-corrected chi connectivity index (χ0v) is 10.6. The van der Waals surface area contributed by atoms with Crippen LogP contribution in [0.1, 0.15) is 0 Å². The van der Waals surface area contributed by atoms with Crippen molar-refractivity contribution in [2.24, 2.45) is 5.14 Å². The highest BCUT2D eigenvalue weighted by Gasteiger charge is 2.23. The summed E-state index contributed by atoms with van der Waals surface area (Å²) in [6, 6.07) is 5.98. The van der Waals surface area contributed by atoms with Crippen molar-refractivity contribution in [3.05, 3.63) is 24.3 Å². The van der Waals surface area contributed by atoms with Crippen LogP contribution in [0, 0.1) is 0 Å². The lowest BCUT2D eigenvalue weighted by molar-refractivity contribution is -0.00387. The molecule has 2 rings (SSSR count). The second kappa shape index (κ2) is 5.23. The van der Waals surface area contributed by atoms with E-state index in [1.807, 2.05) is 0 Å². The lowest BCUT2D eigenvalue weighted by Gasteiger charge is -2.35. The predicted octanol–water partition coefficient (Wildman–Crippen LogP) is -0.611. The molecule has 0 saturated carbocycles. The molecule has 1 aliphatic rings. The van der Waals surface area contributed by atoms with Gasteiger partial charge in [0.15, 0.2) is 0 Å². The van der Waals surface area contributed by atoms with Crippen molar-refractivity contribution in [1.29, 1.82) is 0 Å². The molecule has 18 heavy (non-hydrogen) atoms. The molecule has 0 unspecified atom stereocenters. The lowest BCUT2D eigenvalue weighted by Crippen LogP contribution is -2.51. The molecule has 1 aromatic carbocycles. The number of hydrogen-bond donors (Lipinski definition) is 2. The van der Waals surface area contributed by atoms with E-state index in [1.54, 1.807) is 12.1 Å². The Kier molecular flexibility index (Phi) is 3.86. The van der Waals surface area contributed by atoms with Crippen LogP contribution in [-0.2, 0) is 10.0 Å². The highest BCUT2D eigenvalue weighted by molar-refractivity contribution is 7.89. The number of nitrogens with zero attached hydrogens (tertiary/aromatic N) is 1. The van der Waals surface area contributed by atoms with Gasteiger partial charge in [-0.25, -0.2) is 13.6 Å². The maximum absolute atomic E-state index is 11.0. The lowest BCUT2D eigenvalue weighted by atomic mass is 10.2. The molecule has 6 nitrogen and oxygen atoms in total. The minimum Gasteiger partial charge on any atom is -0.492 e. The van der Waals surface area contributed by atoms with Gasteiger partial charge in [-0.05, 0) is 24.3 Å². The first kappa shape index (κ1) is 13.3. The molecule has 0 aromatic heterocycles. The normalized spacial score (nSPS) is 17.4. The molecule has 0 aliphatic carbocycles. The Morgan fingerprint density at radius 3 is 2.44 bits per heavy atom. The van der Waals surface area contributed by atoms with Gasteiger partial charge in [-0.3, -0.25) is 4.90 Å². The van der Waals surface area contributed by atoms with Crippen LogP contribution in [0.2, 0.25) is 0 Å². The van der Waals surface area contributed by atoms with E-state index < -0.39 is 10.0 Å². The highest BCUT2D eigenvalue weighted by atomic mass is 32.2. The number of sulfonamides is 1. The number of aliphatic hydroxyl groups is 1. The van der Waals surface area contributed by atoms with Crippen LogP contribution in [0.3, 0.4) is 0 Å². The Bertz CT molecular complexity index is 494. The maximum Gasteiger partial charge on any atom is 0.238 e. The fraction of sp³-hybridized carbons (Fsp3) is 0.455. The molecule has 0 bridgehead atoms. The minimum absolute atomic E-state index is 0.0701. The third kappa shape index (κ3) is 3.42. The Morgan fingerprint density at radius 1 is 1.33 bits per heavy atom. The van der Waals surface area contributed by atoms with Crippen LogP contribution < -0.4 is 9.88 Å². The summed E-state index contributed by atoms with van der Waals surface area (Å²) in [7, 11) is -3.65. The van der Waals surface area contributed by atoms with Crippen molar-refractivity contribution in [2.75, 3.05) is 26.2 Å². The van der Waals surface area contributed by atoms with E-state index in [1.165, 1.54) is 12.1 Å². The summed E-state index contributed by atoms with van der Waals surface area (Å²) < 4.78 is 27.5. The zero-order valence-electron chi connectivity index (χ0n) is 9.82. The molecule has 0 spiro atoms. The van der Waals surface area contributed by atoms with Crippen molar-refractivity contribution >= 4 is 10.0 Å². The second-order valence-corrected chi connectivity index (χ2v) is 5.84. The van der Waals surface area contributed by atoms with Crippen molar-refractivity contribution < 1.29 is 18.3 Å². The zero-order chi connectivity index (χ0) is 13.2. The van der Waals surface area contributed by atoms with E-state index in [2.05, 4.69) is 4.90 Å². The molecule has 0 radical (unpaired) electrons. The molecule has 1 aromatic rings.